The number of rotatable bonds is 7. The molecule has 0 aliphatic heterocycles. The second kappa shape index (κ2) is 7.53. The van der Waals surface area contributed by atoms with Crippen LogP contribution in [0.15, 0.2) is 42.7 Å². The smallest absolute Gasteiger partial charge is 0.149 e. The predicted octanol–water partition coefficient (Wildman–Crippen LogP) is 3.87. The average molecular weight is 326 g/mol. The molecule has 3 rings (SSSR count). The Morgan fingerprint density at radius 2 is 2.08 bits per heavy atom. The molecule has 0 aliphatic carbocycles. The molecule has 0 spiro atoms. The van der Waals surface area contributed by atoms with E-state index in [0.717, 1.165) is 36.4 Å². The zero-order valence-corrected chi connectivity index (χ0v) is 14.2. The van der Waals surface area contributed by atoms with Gasteiger partial charge in [-0.25, -0.2) is 14.4 Å². The van der Waals surface area contributed by atoms with Crippen molar-refractivity contribution in [3.05, 3.63) is 60.1 Å². The lowest BCUT2D eigenvalue weighted by molar-refractivity contribution is 0.551. The molecular weight excluding hydrogens is 303 g/mol. The van der Waals surface area contributed by atoms with Crippen molar-refractivity contribution in [2.24, 2.45) is 0 Å². The standard InChI is InChI=1S/C19H23FN4/c1-14(2)19-22-10-12-24(19)11-4-9-21-13-16-8-7-15-5-3-6-17(20)18(15)23-16/h3,5-8,10,12,14,21H,4,9,11,13H2,1-2H3. The molecule has 1 N–H and O–H groups in total. The molecular formula is C19H23FN4. The summed E-state index contributed by atoms with van der Waals surface area (Å²) in [5, 5.41) is 4.21. The quantitative estimate of drug-likeness (QED) is 0.670. The summed E-state index contributed by atoms with van der Waals surface area (Å²) in [6.07, 6.45) is 4.90. The van der Waals surface area contributed by atoms with Crippen molar-refractivity contribution in [2.45, 2.75) is 39.3 Å². The Hall–Kier alpha value is -2.27. The lowest BCUT2D eigenvalue weighted by Gasteiger charge is -2.10. The summed E-state index contributed by atoms with van der Waals surface area (Å²) < 4.78 is 16.0. The molecule has 126 valence electrons. The van der Waals surface area contributed by atoms with Gasteiger partial charge in [-0.1, -0.05) is 32.0 Å². The van der Waals surface area contributed by atoms with Gasteiger partial charge in [0.15, 0.2) is 0 Å². The van der Waals surface area contributed by atoms with Gasteiger partial charge in [0.1, 0.15) is 17.2 Å². The van der Waals surface area contributed by atoms with Crippen molar-refractivity contribution in [3.63, 3.8) is 0 Å². The van der Waals surface area contributed by atoms with Crippen LogP contribution in [0.2, 0.25) is 0 Å². The normalized spacial score (nSPS) is 11.5. The van der Waals surface area contributed by atoms with E-state index in [0.29, 0.717) is 18.0 Å². The van der Waals surface area contributed by atoms with Gasteiger partial charge >= 0.3 is 0 Å². The van der Waals surface area contributed by atoms with Gasteiger partial charge < -0.3 is 9.88 Å². The van der Waals surface area contributed by atoms with Gasteiger partial charge in [0, 0.05) is 36.8 Å². The first-order valence-electron chi connectivity index (χ1n) is 8.41. The third-order valence-electron chi connectivity index (χ3n) is 4.05. The third-order valence-corrected chi connectivity index (χ3v) is 4.05. The number of benzene rings is 1. The van der Waals surface area contributed by atoms with Crippen LogP contribution in [0.5, 0.6) is 0 Å². The zero-order chi connectivity index (χ0) is 16.9. The second-order valence-corrected chi connectivity index (χ2v) is 6.28. The number of hydrogen-bond acceptors (Lipinski definition) is 3. The summed E-state index contributed by atoms with van der Waals surface area (Å²) >= 11 is 0. The van der Waals surface area contributed by atoms with Crippen LogP contribution < -0.4 is 5.32 Å². The number of imidazole rings is 1. The molecule has 0 bridgehead atoms. The molecule has 1 aromatic carbocycles. The van der Waals surface area contributed by atoms with E-state index in [1.807, 2.05) is 30.6 Å². The van der Waals surface area contributed by atoms with Crippen molar-refractivity contribution in [2.75, 3.05) is 6.54 Å². The van der Waals surface area contributed by atoms with Gasteiger partial charge in [0.05, 0.1) is 5.69 Å². The van der Waals surface area contributed by atoms with Gasteiger partial charge in [-0.15, -0.1) is 0 Å². The summed E-state index contributed by atoms with van der Waals surface area (Å²) in [5.41, 5.74) is 1.30. The first kappa shape index (κ1) is 16.6. The fraction of sp³-hybridized carbons (Fsp3) is 0.368. The minimum atomic E-state index is -0.268. The topological polar surface area (TPSA) is 42.7 Å². The van der Waals surface area contributed by atoms with E-state index in [1.54, 1.807) is 6.07 Å². The molecule has 5 heteroatoms. The van der Waals surface area contributed by atoms with Crippen molar-refractivity contribution in [1.82, 2.24) is 19.9 Å². The maximum Gasteiger partial charge on any atom is 0.149 e. The number of nitrogens with one attached hydrogen (secondary N) is 1. The number of nitrogens with zero attached hydrogens (tertiary/aromatic N) is 3. The molecule has 0 fully saturated rings. The lowest BCUT2D eigenvalue weighted by atomic mass is 10.2. The SMILES string of the molecule is CC(C)c1nccn1CCCNCc1ccc2cccc(F)c2n1. The minimum absolute atomic E-state index is 0.268. The van der Waals surface area contributed by atoms with Gasteiger partial charge in [-0.05, 0) is 25.1 Å². The van der Waals surface area contributed by atoms with Crippen molar-refractivity contribution < 1.29 is 4.39 Å². The molecule has 2 heterocycles. The molecule has 0 atom stereocenters. The number of halogens is 1. The van der Waals surface area contributed by atoms with E-state index in [4.69, 9.17) is 0 Å². The fourth-order valence-corrected chi connectivity index (χ4v) is 2.85. The molecule has 3 aromatic rings. The number of para-hydroxylation sites is 1. The second-order valence-electron chi connectivity index (χ2n) is 6.28. The van der Waals surface area contributed by atoms with Crippen LogP contribution in [0.1, 0.15) is 37.7 Å². The maximum absolute atomic E-state index is 13.8. The molecule has 0 saturated carbocycles. The maximum atomic E-state index is 13.8. The van der Waals surface area contributed by atoms with Gasteiger partial charge in [-0.2, -0.15) is 0 Å². The number of pyridine rings is 1. The van der Waals surface area contributed by atoms with E-state index in [2.05, 4.69) is 33.7 Å². The summed E-state index contributed by atoms with van der Waals surface area (Å²) in [5.74, 6) is 1.29. The Bertz CT molecular complexity index is 810. The van der Waals surface area contributed by atoms with E-state index < -0.39 is 0 Å². The van der Waals surface area contributed by atoms with E-state index in [-0.39, 0.29) is 5.82 Å². The Morgan fingerprint density at radius 3 is 2.92 bits per heavy atom. The molecule has 4 nitrogen and oxygen atoms in total. The molecule has 0 saturated heterocycles. The third kappa shape index (κ3) is 3.79. The van der Waals surface area contributed by atoms with E-state index in [1.165, 1.54) is 6.07 Å². The first-order chi connectivity index (χ1) is 11.6. The molecule has 0 radical (unpaired) electrons. The minimum Gasteiger partial charge on any atom is -0.335 e. The molecule has 2 aromatic heterocycles. The summed E-state index contributed by atoms with van der Waals surface area (Å²) in [4.78, 5) is 8.80. The highest BCUT2D eigenvalue weighted by Crippen LogP contribution is 2.16. The Labute approximate surface area is 141 Å². The molecule has 24 heavy (non-hydrogen) atoms. The highest BCUT2D eigenvalue weighted by Gasteiger charge is 2.06. The predicted molar refractivity (Wildman–Crippen MR) is 94.3 cm³/mol. The van der Waals surface area contributed by atoms with Crippen LogP contribution in [0.25, 0.3) is 10.9 Å². The highest BCUT2D eigenvalue weighted by atomic mass is 19.1. The van der Waals surface area contributed by atoms with Crippen LogP contribution in [0.3, 0.4) is 0 Å². The largest absolute Gasteiger partial charge is 0.335 e. The summed E-state index contributed by atoms with van der Waals surface area (Å²) in [7, 11) is 0. The lowest BCUT2D eigenvalue weighted by Crippen LogP contribution is -2.18. The van der Waals surface area contributed by atoms with E-state index >= 15 is 0 Å². The average Bonchev–Trinajstić information content (AvgIpc) is 3.04. The first-order valence-corrected chi connectivity index (χ1v) is 8.41. The van der Waals surface area contributed by atoms with Gasteiger partial charge in [0.25, 0.3) is 0 Å². The number of aryl methyl sites for hydroxylation is 1. The van der Waals surface area contributed by atoms with Crippen LogP contribution in [0, 0.1) is 5.82 Å². The van der Waals surface area contributed by atoms with E-state index in [9.17, 15) is 4.39 Å². The Morgan fingerprint density at radius 1 is 1.21 bits per heavy atom. The van der Waals surface area contributed by atoms with Crippen LogP contribution in [-0.4, -0.2) is 21.1 Å². The highest BCUT2D eigenvalue weighted by molar-refractivity contribution is 5.79. The number of aromatic nitrogens is 3. The van der Waals surface area contributed by atoms with Gasteiger partial charge in [-0.3, -0.25) is 0 Å². The Kier molecular flexibility index (Phi) is 5.20. The van der Waals surface area contributed by atoms with Crippen molar-refractivity contribution in [1.29, 1.82) is 0 Å². The Balaban J connectivity index is 1.50. The van der Waals surface area contributed by atoms with Crippen LogP contribution >= 0.6 is 0 Å². The molecule has 0 aliphatic rings. The number of fused-ring (bicyclic) bond motifs is 1. The zero-order valence-electron chi connectivity index (χ0n) is 14.2. The molecule has 0 unspecified atom stereocenters. The van der Waals surface area contributed by atoms with Crippen LogP contribution in [-0.2, 0) is 13.1 Å². The fourth-order valence-electron chi connectivity index (χ4n) is 2.85. The summed E-state index contributed by atoms with van der Waals surface area (Å²) in [6.45, 7) is 6.78. The molecule has 0 amide bonds. The number of hydrogen-bond donors (Lipinski definition) is 1. The van der Waals surface area contributed by atoms with Crippen LogP contribution in [0.4, 0.5) is 4.39 Å². The van der Waals surface area contributed by atoms with Crippen molar-refractivity contribution >= 4 is 10.9 Å². The summed E-state index contributed by atoms with van der Waals surface area (Å²) in [6, 6.07) is 8.90. The van der Waals surface area contributed by atoms with Gasteiger partial charge in [0.2, 0.25) is 0 Å². The van der Waals surface area contributed by atoms with Crippen molar-refractivity contribution in [3.8, 4) is 0 Å². The monoisotopic (exact) mass is 326 g/mol.